The Hall–Kier alpha value is -1.09. The molecule has 3 heteroatoms. The molecule has 0 aliphatic carbocycles. The van der Waals surface area contributed by atoms with Gasteiger partial charge in [-0.25, -0.2) is 4.39 Å². The van der Waals surface area contributed by atoms with E-state index < -0.39 is 5.82 Å². The molecule has 78 valence electrons. The first kappa shape index (κ1) is 11.0. The fourth-order valence-electron chi connectivity index (χ4n) is 1.41. The molecule has 0 heterocycles. The van der Waals surface area contributed by atoms with Crippen molar-refractivity contribution in [1.29, 1.82) is 0 Å². The van der Waals surface area contributed by atoms with Crippen LogP contribution in [0.4, 0.5) is 4.39 Å². The molecule has 1 rings (SSSR count). The van der Waals surface area contributed by atoms with Crippen molar-refractivity contribution < 1.29 is 9.50 Å². The predicted molar refractivity (Wildman–Crippen MR) is 54.5 cm³/mol. The molecule has 1 aromatic rings. The normalized spacial score (nSPS) is 12.8. The first-order chi connectivity index (χ1) is 6.66. The van der Waals surface area contributed by atoms with Crippen molar-refractivity contribution in [2.75, 3.05) is 0 Å². The maximum absolute atomic E-state index is 13.0. The lowest BCUT2D eigenvalue weighted by atomic mass is 10.0. The second kappa shape index (κ2) is 4.96. The van der Waals surface area contributed by atoms with E-state index in [1.807, 2.05) is 0 Å². The van der Waals surface area contributed by atoms with Gasteiger partial charge in [-0.15, -0.1) is 0 Å². The van der Waals surface area contributed by atoms with Gasteiger partial charge in [0.1, 0.15) is 0 Å². The lowest BCUT2D eigenvalue weighted by Gasteiger charge is -2.13. The van der Waals surface area contributed by atoms with Gasteiger partial charge in [0.25, 0.3) is 0 Å². The third kappa shape index (κ3) is 2.45. The Labute approximate surface area is 83.6 Å². The highest BCUT2D eigenvalue weighted by Gasteiger charge is 2.12. The fourth-order valence-corrected chi connectivity index (χ4v) is 1.41. The highest BCUT2D eigenvalue weighted by molar-refractivity contribution is 5.35. The SMILES string of the molecule is CCCC[C@H](N)c1cccc(F)c1O. The first-order valence-corrected chi connectivity index (χ1v) is 4.89. The smallest absolute Gasteiger partial charge is 0.165 e. The van der Waals surface area contributed by atoms with E-state index in [2.05, 4.69) is 6.92 Å². The molecule has 1 atom stereocenters. The molecule has 2 nitrogen and oxygen atoms in total. The minimum Gasteiger partial charge on any atom is -0.505 e. The summed E-state index contributed by atoms with van der Waals surface area (Å²) in [7, 11) is 0. The zero-order valence-electron chi connectivity index (χ0n) is 8.33. The predicted octanol–water partition coefficient (Wildman–Crippen LogP) is 2.72. The summed E-state index contributed by atoms with van der Waals surface area (Å²) in [6, 6.07) is 4.19. The molecule has 0 saturated carbocycles. The number of hydrogen-bond acceptors (Lipinski definition) is 2. The van der Waals surface area contributed by atoms with Crippen LogP contribution >= 0.6 is 0 Å². The number of benzene rings is 1. The van der Waals surface area contributed by atoms with E-state index in [9.17, 15) is 9.50 Å². The fraction of sp³-hybridized carbons (Fsp3) is 0.455. The van der Waals surface area contributed by atoms with Gasteiger partial charge in [-0.05, 0) is 12.5 Å². The Kier molecular flexibility index (Phi) is 3.89. The van der Waals surface area contributed by atoms with E-state index in [-0.39, 0.29) is 11.8 Å². The van der Waals surface area contributed by atoms with Gasteiger partial charge >= 0.3 is 0 Å². The third-order valence-electron chi connectivity index (χ3n) is 2.29. The Morgan fingerprint density at radius 1 is 1.50 bits per heavy atom. The topological polar surface area (TPSA) is 46.2 Å². The molecule has 1 aromatic carbocycles. The van der Waals surface area contributed by atoms with Crippen LogP contribution in [0.5, 0.6) is 5.75 Å². The molecule has 0 bridgehead atoms. The van der Waals surface area contributed by atoms with E-state index in [0.717, 1.165) is 19.3 Å². The highest BCUT2D eigenvalue weighted by atomic mass is 19.1. The van der Waals surface area contributed by atoms with Crippen molar-refractivity contribution in [3.63, 3.8) is 0 Å². The van der Waals surface area contributed by atoms with Crippen molar-refractivity contribution in [2.24, 2.45) is 5.73 Å². The maximum Gasteiger partial charge on any atom is 0.165 e. The Morgan fingerprint density at radius 3 is 2.86 bits per heavy atom. The summed E-state index contributed by atoms with van der Waals surface area (Å²) in [5.41, 5.74) is 6.32. The van der Waals surface area contributed by atoms with Crippen molar-refractivity contribution in [1.82, 2.24) is 0 Å². The minimum absolute atomic E-state index is 0.273. The molecular weight excluding hydrogens is 181 g/mol. The zero-order chi connectivity index (χ0) is 10.6. The van der Waals surface area contributed by atoms with Gasteiger partial charge in [-0.3, -0.25) is 0 Å². The van der Waals surface area contributed by atoms with Crippen molar-refractivity contribution in [3.05, 3.63) is 29.6 Å². The minimum atomic E-state index is -0.602. The summed E-state index contributed by atoms with van der Waals surface area (Å²) in [5.74, 6) is -0.912. The average Bonchev–Trinajstić information content (AvgIpc) is 2.18. The Morgan fingerprint density at radius 2 is 2.21 bits per heavy atom. The molecule has 0 aromatic heterocycles. The molecule has 0 spiro atoms. The van der Waals surface area contributed by atoms with E-state index in [1.165, 1.54) is 6.07 Å². The van der Waals surface area contributed by atoms with Gasteiger partial charge < -0.3 is 10.8 Å². The molecule has 0 radical (unpaired) electrons. The quantitative estimate of drug-likeness (QED) is 0.779. The van der Waals surface area contributed by atoms with Crippen molar-refractivity contribution >= 4 is 0 Å². The van der Waals surface area contributed by atoms with E-state index in [4.69, 9.17) is 5.73 Å². The number of halogens is 1. The number of unbranched alkanes of at least 4 members (excludes halogenated alkanes) is 1. The number of rotatable bonds is 4. The van der Waals surface area contributed by atoms with Crippen LogP contribution < -0.4 is 5.73 Å². The molecule has 0 saturated heterocycles. The zero-order valence-corrected chi connectivity index (χ0v) is 8.33. The van der Waals surface area contributed by atoms with Crippen LogP contribution in [-0.4, -0.2) is 5.11 Å². The Bertz CT molecular complexity index is 301. The summed E-state index contributed by atoms with van der Waals surface area (Å²) >= 11 is 0. The van der Waals surface area contributed by atoms with Crippen LogP contribution in [0.1, 0.15) is 37.8 Å². The third-order valence-corrected chi connectivity index (χ3v) is 2.29. The number of hydrogen-bond donors (Lipinski definition) is 2. The van der Waals surface area contributed by atoms with Gasteiger partial charge in [0.2, 0.25) is 0 Å². The molecule has 0 amide bonds. The van der Waals surface area contributed by atoms with Crippen LogP contribution in [0.2, 0.25) is 0 Å². The molecule has 14 heavy (non-hydrogen) atoms. The van der Waals surface area contributed by atoms with Gasteiger partial charge in [0.05, 0.1) is 0 Å². The lowest BCUT2D eigenvalue weighted by molar-refractivity contribution is 0.417. The van der Waals surface area contributed by atoms with Gasteiger partial charge in [0, 0.05) is 11.6 Å². The van der Waals surface area contributed by atoms with Crippen LogP contribution in [0.3, 0.4) is 0 Å². The number of phenols is 1. The van der Waals surface area contributed by atoms with E-state index in [1.54, 1.807) is 12.1 Å². The standard InChI is InChI=1S/C11H16FNO/c1-2-3-7-10(13)8-5-4-6-9(12)11(8)14/h4-6,10,14H,2-3,7,13H2,1H3/t10-/m0/s1. The van der Waals surface area contributed by atoms with Crippen LogP contribution in [0, 0.1) is 5.82 Å². The summed E-state index contributed by atoms with van der Waals surface area (Å²) in [5, 5.41) is 9.41. The monoisotopic (exact) mass is 197 g/mol. The molecular formula is C11H16FNO. The van der Waals surface area contributed by atoms with Crippen LogP contribution in [0.25, 0.3) is 0 Å². The number of nitrogens with two attached hydrogens (primary N) is 1. The molecule has 3 N–H and O–H groups in total. The van der Waals surface area contributed by atoms with Crippen molar-refractivity contribution in [3.8, 4) is 5.75 Å². The summed E-state index contributed by atoms with van der Waals surface area (Å²) in [4.78, 5) is 0. The van der Waals surface area contributed by atoms with Gasteiger partial charge in [0.15, 0.2) is 11.6 Å². The lowest BCUT2D eigenvalue weighted by Crippen LogP contribution is -2.10. The summed E-state index contributed by atoms with van der Waals surface area (Å²) in [6.45, 7) is 2.07. The molecule has 0 unspecified atom stereocenters. The number of aromatic hydroxyl groups is 1. The van der Waals surface area contributed by atoms with Gasteiger partial charge in [-0.1, -0.05) is 31.9 Å². The van der Waals surface area contributed by atoms with E-state index >= 15 is 0 Å². The highest BCUT2D eigenvalue weighted by Crippen LogP contribution is 2.27. The maximum atomic E-state index is 13.0. The molecule has 0 fully saturated rings. The molecule has 0 aliphatic rings. The number of para-hydroxylation sites is 1. The van der Waals surface area contributed by atoms with E-state index in [0.29, 0.717) is 5.56 Å². The molecule has 0 aliphatic heterocycles. The van der Waals surface area contributed by atoms with Crippen molar-refractivity contribution in [2.45, 2.75) is 32.2 Å². The summed E-state index contributed by atoms with van der Waals surface area (Å²) < 4.78 is 13.0. The number of phenolic OH excluding ortho intramolecular Hbond substituents is 1. The average molecular weight is 197 g/mol. The largest absolute Gasteiger partial charge is 0.505 e. The summed E-state index contributed by atoms with van der Waals surface area (Å²) in [6.07, 6.45) is 2.80. The van der Waals surface area contributed by atoms with Gasteiger partial charge in [-0.2, -0.15) is 0 Å². The second-order valence-corrected chi connectivity index (χ2v) is 3.43. The Balaban J connectivity index is 2.79. The van der Waals surface area contributed by atoms with Crippen LogP contribution in [-0.2, 0) is 0 Å². The first-order valence-electron chi connectivity index (χ1n) is 4.89. The van der Waals surface area contributed by atoms with Crippen LogP contribution in [0.15, 0.2) is 18.2 Å². The second-order valence-electron chi connectivity index (χ2n) is 3.43.